The highest BCUT2D eigenvalue weighted by molar-refractivity contribution is 9.10. The SMILES string of the molecule is CNc1cccc(Oc2ccc(Br)cc2)n1. The molecule has 3 nitrogen and oxygen atoms in total. The van der Waals surface area contributed by atoms with Gasteiger partial charge in [0.25, 0.3) is 0 Å². The monoisotopic (exact) mass is 278 g/mol. The van der Waals surface area contributed by atoms with E-state index < -0.39 is 0 Å². The van der Waals surface area contributed by atoms with Gasteiger partial charge in [-0.3, -0.25) is 0 Å². The largest absolute Gasteiger partial charge is 0.439 e. The lowest BCUT2D eigenvalue weighted by Crippen LogP contribution is -1.93. The Morgan fingerprint density at radius 1 is 1.12 bits per heavy atom. The summed E-state index contributed by atoms with van der Waals surface area (Å²) in [6.45, 7) is 0. The van der Waals surface area contributed by atoms with Gasteiger partial charge >= 0.3 is 0 Å². The molecule has 0 unspecified atom stereocenters. The van der Waals surface area contributed by atoms with E-state index in [1.54, 1.807) is 0 Å². The molecule has 0 saturated carbocycles. The molecule has 0 atom stereocenters. The van der Waals surface area contributed by atoms with Gasteiger partial charge in [0.05, 0.1) is 0 Å². The summed E-state index contributed by atoms with van der Waals surface area (Å²) in [7, 11) is 1.83. The number of pyridine rings is 1. The minimum Gasteiger partial charge on any atom is -0.439 e. The normalized spacial score (nSPS) is 9.88. The van der Waals surface area contributed by atoms with E-state index in [1.807, 2.05) is 49.5 Å². The maximum atomic E-state index is 5.60. The minimum atomic E-state index is 0.578. The molecule has 0 spiro atoms. The molecular formula is C12H11BrN2O. The number of hydrogen-bond donors (Lipinski definition) is 1. The van der Waals surface area contributed by atoms with E-state index in [2.05, 4.69) is 26.2 Å². The molecule has 4 heteroatoms. The fraction of sp³-hybridized carbons (Fsp3) is 0.0833. The molecule has 1 aromatic heterocycles. The molecule has 0 saturated heterocycles. The second-order valence-electron chi connectivity index (χ2n) is 3.17. The number of aromatic nitrogens is 1. The Balaban J connectivity index is 2.16. The molecule has 0 aliphatic carbocycles. The third-order valence-corrected chi connectivity index (χ3v) is 2.54. The van der Waals surface area contributed by atoms with Gasteiger partial charge in [-0.15, -0.1) is 0 Å². The molecule has 0 amide bonds. The van der Waals surface area contributed by atoms with Crippen LogP contribution < -0.4 is 10.1 Å². The van der Waals surface area contributed by atoms with E-state index in [0.717, 1.165) is 16.0 Å². The first-order valence-corrected chi connectivity index (χ1v) is 5.65. The van der Waals surface area contributed by atoms with E-state index in [-0.39, 0.29) is 0 Å². The molecule has 1 N–H and O–H groups in total. The van der Waals surface area contributed by atoms with Gasteiger partial charge in [0, 0.05) is 17.6 Å². The highest BCUT2D eigenvalue weighted by Gasteiger charge is 1.99. The Morgan fingerprint density at radius 2 is 1.88 bits per heavy atom. The number of nitrogens with zero attached hydrogens (tertiary/aromatic N) is 1. The molecule has 0 aliphatic heterocycles. The number of nitrogens with one attached hydrogen (secondary N) is 1. The summed E-state index contributed by atoms with van der Waals surface area (Å²) < 4.78 is 6.63. The van der Waals surface area contributed by atoms with Crippen LogP contribution >= 0.6 is 15.9 Å². The van der Waals surface area contributed by atoms with Gasteiger partial charge in [0.2, 0.25) is 5.88 Å². The van der Waals surface area contributed by atoms with Gasteiger partial charge in [-0.05, 0) is 30.3 Å². The molecule has 0 radical (unpaired) electrons. The number of benzene rings is 1. The molecule has 1 aromatic carbocycles. The predicted molar refractivity (Wildman–Crippen MR) is 68.0 cm³/mol. The standard InChI is InChI=1S/C12H11BrN2O/c1-14-11-3-2-4-12(15-11)16-10-7-5-9(13)6-8-10/h2-8H,1H3,(H,14,15). The third-order valence-electron chi connectivity index (χ3n) is 2.02. The van der Waals surface area contributed by atoms with Crippen molar-refractivity contribution in [2.75, 3.05) is 12.4 Å². The fourth-order valence-electron chi connectivity index (χ4n) is 1.23. The van der Waals surface area contributed by atoms with Gasteiger partial charge in [-0.1, -0.05) is 22.0 Å². The van der Waals surface area contributed by atoms with E-state index >= 15 is 0 Å². The van der Waals surface area contributed by atoms with Crippen LogP contribution in [0.4, 0.5) is 5.82 Å². The van der Waals surface area contributed by atoms with E-state index in [4.69, 9.17) is 4.74 Å². The van der Waals surface area contributed by atoms with Gasteiger partial charge in [-0.2, -0.15) is 4.98 Å². The summed E-state index contributed by atoms with van der Waals surface area (Å²) in [5.41, 5.74) is 0. The zero-order chi connectivity index (χ0) is 11.4. The van der Waals surface area contributed by atoms with Crippen molar-refractivity contribution in [1.82, 2.24) is 4.98 Å². The summed E-state index contributed by atoms with van der Waals surface area (Å²) in [6, 6.07) is 13.2. The predicted octanol–water partition coefficient (Wildman–Crippen LogP) is 3.68. The number of anilines is 1. The average Bonchev–Trinajstić information content (AvgIpc) is 2.32. The molecule has 1 heterocycles. The molecule has 0 aliphatic rings. The van der Waals surface area contributed by atoms with Gasteiger partial charge in [0.15, 0.2) is 0 Å². The van der Waals surface area contributed by atoms with Crippen molar-refractivity contribution >= 4 is 21.7 Å². The zero-order valence-electron chi connectivity index (χ0n) is 8.77. The third kappa shape index (κ3) is 2.73. The molecule has 0 fully saturated rings. The van der Waals surface area contributed by atoms with Gasteiger partial charge in [0.1, 0.15) is 11.6 Å². The Labute approximate surface area is 103 Å². The minimum absolute atomic E-state index is 0.578. The zero-order valence-corrected chi connectivity index (χ0v) is 10.4. The molecule has 2 aromatic rings. The van der Waals surface area contributed by atoms with Gasteiger partial charge in [-0.25, -0.2) is 0 Å². The van der Waals surface area contributed by atoms with Crippen LogP contribution in [0.2, 0.25) is 0 Å². The van der Waals surface area contributed by atoms with Crippen LogP contribution in [0.15, 0.2) is 46.9 Å². The van der Waals surface area contributed by atoms with Crippen LogP contribution in [0, 0.1) is 0 Å². The van der Waals surface area contributed by atoms with Crippen molar-refractivity contribution < 1.29 is 4.74 Å². The number of ether oxygens (including phenoxy) is 1. The number of halogens is 1. The van der Waals surface area contributed by atoms with Crippen molar-refractivity contribution in [2.45, 2.75) is 0 Å². The first-order valence-electron chi connectivity index (χ1n) is 4.86. The van der Waals surface area contributed by atoms with Crippen molar-refractivity contribution in [2.24, 2.45) is 0 Å². The first kappa shape index (κ1) is 11.0. The second kappa shape index (κ2) is 4.99. The van der Waals surface area contributed by atoms with Crippen molar-refractivity contribution in [1.29, 1.82) is 0 Å². The van der Waals surface area contributed by atoms with Crippen molar-refractivity contribution in [3.05, 3.63) is 46.9 Å². The Kier molecular flexibility index (Phi) is 3.41. The summed E-state index contributed by atoms with van der Waals surface area (Å²) in [6.07, 6.45) is 0. The van der Waals surface area contributed by atoms with E-state index in [0.29, 0.717) is 5.88 Å². The molecule has 0 bridgehead atoms. The fourth-order valence-corrected chi connectivity index (χ4v) is 1.50. The smallest absolute Gasteiger partial charge is 0.221 e. The maximum absolute atomic E-state index is 5.60. The average molecular weight is 279 g/mol. The van der Waals surface area contributed by atoms with Crippen LogP contribution in [0.3, 0.4) is 0 Å². The molecular weight excluding hydrogens is 268 g/mol. The second-order valence-corrected chi connectivity index (χ2v) is 4.08. The lowest BCUT2D eigenvalue weighted by molar-refractivity contribution is 0.463. The van der Waals surface area contributed by atoms with Gasteiger partial charge < -0.3 is 10.1 Å². The van der Waals surface area contributed by atoms with Crippen LogP contribution in [0.5, 0.6) is 11.6 Å². The van der Waals surface area contributed by atoms with Crippen LogP contribution in [0.25, 0.3) is 0 Å². The highest BCUT2D eigenvalue weighted by Crippen LogP contribution is 2.22. The summed E-state index contributed by atoms with van der Waals surface area (Å²) in [4.78, 5) is 4.26. The molecule has 82 valence electrons. The lowest BCUT2D eigenvalue weighted by Gasteiger charge is -2.06. The van der Waals surface area contributed by atoms with E-state index in [9.17, 15) is 0 Å². The molecule has 2 rings (SSSR count). The topological polar surface area (TPSA) is 34.1 Å². The van der Waals surface area contributed by atoms with Crippen LogP contribution in [0.1, 0.15) is 0 Å². The van der Waals surface area contributed by atoms with Crippen LogP contribution in [-0.2, 0) is 0 Å². The Bertz CT molecular complexity index is 471. The maximum Gasteiger partial charge on any atom is 0.221 e. The first-order chi connectivity index (χ1) is 7.78. The highest BCUT2D eigenvalue weighted by atomic mass is 79.9. The number of hydrogen-bond acceptors (Lipinski definition) is 3. The number of rotatable bonds is 3. The van der Waals surface area contributed by atoms with Crippen molar-refractivity contribution in [3.8, 4) is 11.6 Å². The lowest BCUT2D eigenvalue weighted by atomic mass is 10.3. The van der Waals surface area contributed by atoms with E-state index in [1.165, 1.54) is 0 Å². The molecule has 16 heavy (non-hydrogen) atoms. The summed E-state index contributed by atoms with van der Waals surface area (Å²) in [5, 5.41) is 2.96. The summed E-state index contributed by atoms with van der Waals surface area (Å²) >= 11 is 3.37. The van der Waals surface area contributed by atoms with Crippen LogP contribution in [-0.4, -0.2) is 12.0 Å². The summed E-state index contributed by atoms with van der Waals surface area (Å²) in [5.74, 6) is 2.13. The van der Waals surface area contributed by atoms with Crippen molar-refractivity contribution in [3.63, 3.8) is 0 Å². The Morgan fingerprint density at radius 3 is 2.56 bits per heavy atom. The Hall–Kier alpha value is -1.55. The quantitative estimate of drug-likeness (QED) is 0.930.